The van der Waals surface area contributed by atoms with Crippen molar-refractivity contribution in [3.63, 3.8) is 0 Å². The summed E-state index contributed by atoms with van der Waals surface area (Å²) in [5.41, 5.74) is -0.370. The van der Waals surface area contributed by atoms with Crippen molar-refractivity contribution in [2.24, 2.45) is 0 Å². The third-order valence-corrected chi connectivity index (χ3v) is 4.85. The number of phenolic OH excluding ortho intramolecular Hbond substituents is 1. The van der Waals surface area contributed by atoms with Crippen LogP contribution in [0.2, 0.25) is 0 Å². The van der Waals surface area contributed by atoms with Crippen LogP contribution in [0.1, 0.15) is 34.5 Å². The number of carbonyl (C=O) groups is 2. The van der Waals surface area contributed by atoms with Crippen molar-refractivity contribution >= 4 is 22.7 Å². The van der Waals surface area contributed by atoms with Gasteiger partial charge in [0, 0.05) is 29.8 Å². The van der Waals surface area contributed by atoms with E-state index in [-0.39, 0.29) is 27.7 Å². The molecule has 0 spiro atoms. The molecule has 0 aliphatic carbocycles. The van der Waals surface area contributed by atoms with Crippen molar-refractivity contribution < 1.29 is 32.3 Å². The second-order valence-corrected chi connectivity index (χ2v) is 6.52. The van der Waals surface area contributed by atoms with Gasteiger partial charge in [-0.15, -0.1) is 0 Å². The monoisotopic (exact) mass is 408 g/mol. The molecular formula is C20H16F4N2O3. The number of likely N-dealkylation sites (N-methyl/N-ethyl adjacent to an activating group) is 1. The van der Waals surface area contributed by atoms with E-state index in [1.165, 1.54) is 20.9 Å². The molecule has 0 saturated carbocycles. The van der Waals surface area contributed by atoms with E-state index in [4.69, 9.17) is 0 Å². The van der Waals surface area contributed by atoms with Crippen LogP contribution in [0.4, 0.5) is 17.6 Å². The molecule has 1 atom stereocenters. The van der Waals surface area contributed by atoms with E-state index in [1.54, 1.807) is 0 Å². The van der Waals surface area contributed by atoms with Crippen LogP contribution in [0.3, 0.4) is 0 Å². The first-order valence-corrected chi connectivity index (χ1v) is 8.53. The highest BCUT2D eigenvalue weighted by atomic mass is 19.2. The molecule has 3 aromatic rings. The summed E-state index contributed by atoms with van der Waals surface area (Å²) in [6.45, 7) is 2.85. The average Bonchev–Trinajstić information content (AvgIpc) is 2.98. The third-order valence-electron chi connectivity index (χ3n) is 4.85. The topological polar surface area (TPSA) is 71.3 Å². The second-order valence-electron chi connectivity index (χ2n) is 6.52. The quantitative estimate of drug-likeness (QED) is 0.649. The molecule has 152 valence electrons. The number of nitrogens with one attached hydrogen (secondary N) is 1. The van der Waals surface area contributed by atoms with E-state index < -0.39 is 46.8 Å². The Kier molecular flexibility index (Phi) is 5.08. The van der Waals surface area contributed by atoms with Crippen molar-refractivity contribution in [1.29, 1.82) is 0 Å². The first-order valence-electron chi connectivity index (χ1n) is 8.53. The van der Waals surface area contributed by atoms with Gasteiger partial charge in [-0.2, -0.15) is 0 Å². The Labute approximate surface area is 162 Å². The van der Waals surface area contributed by atoms with Gasteiger partial charge in [0.1, 0.15) is 0 Å². The molecule has 1 aromatic heterocycles. The van der Waals surface area contributed by atoms with E-state index in [1.807, 2.05) is 0 Å². The molecule has 0 unspecified atom stereocenters. The number of nitrogens with zero attached hydrogens (tertiary/aromatic N) is 1. The number of fused-ring (bicyclic) bond motifs is 1. The highest BCUT2D eigenvalue weighted by Gasteiger charge is 2.30. The molecule has 5 nitrogen and oxygen atoms in total. The minimum atomic E-state index is -1.33. The summed E-state index contributed by atoms with van der Waals surface area (Å²) in [7, 11) is 1.37. The van der Waals surface area contributed by atoms with Gasteiger partial charge in [0.2, 0.25) is 5.91 Å². The molecule has 29 heavy (non-hydrogen) atoms. The van der Waals surface area contributed by atoms with Gasteiger partial charge in [0.25, 0.3) is 5.91 Å². The lowest BCUT2D eigenvalue weighted by molar-refractivity contribution is -0.121. The number of amides is 1. The van der Waals surface area contributed by atoms with E-state index in [0.717, 1.165) is 22.8 Å². The molecular weight excluding hydrogens is 392 g/mol. The van der Waals surface area contributed by atoms with Gasteiger partial charge in [-0.05, 0) is 37.6 Å². The molecule has 9 heteroatoms. The number of halogens is 4. The number of aromatic hydroxyl groups is 1. The fourth-order valence-corrected chi connectivity index (χ4v) is 3.41. The van der Waals surface area contributed by atoms with E-state index >= 15 is 0 Å². The Hall–Kier alpha value is -3.36. The first-order chi connectivity index (χ1) is 13.6. The third kappa shape index (κ3) is 3.12. The maximum absolute atomic E-state index is 14.8. The largest absolute Gasteiger partial charge is 0.503 e. The highest BCUT2D eigenvalue weighted by Crippen LogP contribution is 2.38. The number of rotatable bonds is 3. The van der Waals surface area contributed by atoms with E-state index in [9.17, 15) is 32.3 Å². The predicted octanol–water partition coefficient (Wildman–Crippen LogP) is 3.75. The van der Waals surface area contributed by atoms with Crippen molar-refractivity contribution in [2.75, 3.05) is 7.05 Å². The minimum absolute atomic E-state index is 0.0584. The smallest absolute Gasteiger partial charge is 0.262 e. The van der Waals surface area contributed by atoms with Crippen LogP contribution in [0.5, 0.6) is 5.75 Å². The van der Waals surface area contributed by atoms with Gasteiger partial charge >= 0.3 is 0 Å². The summed E-state index contributed by atoms with van der Waals surface area (Å²) in [6, 6.07) is 3.20. The molecule has 0 bridgehead atoms. The van der Waals surface area contributed by atoms with Gasteiger partial charge < -0.3 is 10.4 Å². The van der Waals surface area contributed by atoms with Crippen LogP contribution >= 0.6 is 0 Å². The molecule has 0 aliphatic rings. The van der Waals surface area contributed by atoms with Crippen LogP contribution < -0.4 is 5.32 Å². The second kappa shape index (κ2) is 7.23. The molecule has 0 fully saturated rings. The minimum Gasteiger partial charge on any atom is -0.503 e. The van der Waals surface area contributed by atoms with Crippen molar-refractivity contribution in [1.82, 2.24) is 9.88 Å². The Morgan fingerprint density at radius 3 is 2.31 bits per heavy atom. The van der Waals surface area contributed by atoms with Gasteiger partial charge in [-0.1, -0.05) is 0 Å². The maximum Gasteiger partial charge on any atom is 0.262 e. The molecule has 0 radical (unpaired) electrons. The zero-order chi connectivity index (χ0) is 21.6. The van der Waals surface area contributed by atoms with Crippen LogP contribution in [0, 0.1) is 30.2 Å². The number of phenols is 1. The summed E-state index contributed by atoms with van der Waals surface area (Å²) in [4.78, 5) is 25.1. The van der Waals surface area contributed by atoms with Gasteiger partial charge in [0.15, 0.2) is 29.0 Å². The number of hydrogen-bond acceptors (Lipinski definition) is 3. The average molecular weight is 408 g/mol. The number of aromatic nitrogens is 1. The summed E-state index contributed by atoms with van der Waals surface area (Å²) in [6.07, 6.45) is 0. The van der Waals surface area contributed by atoms with Crippen LogP contribution in [-0.4, -0.2) is 28.5 Å². The van der Waals surface area contributed by atoms with E-state index in [0.29, 0.717) is 6.07 Å². The Morgan fingerprint density at radius 2 is 1.72 bits per heavy atom. The maximum atomic E-state index is 14.8. The molecule has 3 rings (SSSR count). The molecule has 1 amide bonds. The zero-order valence-corrected chi connectivity index (χ0v) is 15.6. The summed E-state index contributed by atoms with van der Waals surface area (Å²) >= 11 is 0. The van der Waals surface area contributed by atoms with Crippen LogP contribution in [0.25, 0.3) is 10.9 Å². The fraction of sp³-hybridized carbons (Fsp3) is 0.200. The zero-order valence-electron chi connectivity index (χ0n) is 15.6. The molecule has 1 heterocycles. The van der Waals surface area contributed by atoms with Crippen molar-refractivity contribution in [2.45, 2.75) is 19.8 Å². The van der Waals surface area contributed by atoms with Crippen LogP contribution in [0.15, 0.2) is 24.3 Å². The highest BCUT2D eigenvalue weighted by molar-refractivity contribution is 6.05. The fourth-order valence-electron chi connectivity index (χ4n) is 3.41. The van der Waals surface area contributed by atoms with E-state index in [2.05, 4.69) is 5.32 Å². The molecule has 0 saturated heterocycles. The Morgan fingerprint density at radius 1 is 1.07 bits per heavy atom. The lowest BCUT2D eigenvalue weighted by Crippen LogP contribution is -2.24. The van der Waals surface area contributed by atoms with Crippen molar-refractivity contribution in [3.05, 3.63) is 64.4 Å². The summed E-state index contributed by atoms with van der Waals surface area (Å²) in [5.74, 6) is -8.66. The first kappa shape index (κ1) is 20.4. The predicted molar refractivity (Wildman–Crippen MR) is 96.8 cm³/mol. The Balaban J connectivity index is 2.38. The molecule has 2 N–H and O–H groups in total. The molecule has 0 aliphatic heterocycles. The lowest BCUT2D eigenvalue weighted by Gasteiger charge is -2.12. The number of carbonyl (C=O) groups excluding carboxylic acids is 2. The number of hydrogen-bond donors (Lipinski definition) is 2. The SMILES string of the molecule is CNC(=O)[C@H](C)c1c(C)n(C(=O)c2ccc(F)c(F)c2)c2cc(F)c(O)c(F)c12. The lowest BCUT2D eigenvalue weighted by atomic mass is 9.96. The number of benzene rings is 2. The summed E-state index contributed by atoms with van der Waals surface area (Å²) < 4.78 is 56.5. The van der Waals surface area contributed by atoms with Gasteiger partial charge in [0.05, 0.1) is 11.4 Å². The van der Waals surface area contributed by atoms with Crippen molar-refractivity contribution in [3.8, 4) is 5.75 Å². The van der Waals surface area contributed by atoms with Gasteiger partial charge in [-0.3, -0.25) is 14.2 Å². The molecule has 2 aromatic carbocycles. The van der Waals surface area contributed by atoms with Gasteiger partial charge in [-0.25, -0.2) is 17.6 Å². The normalized spacial score (nSPS) is 12.2. The Bertz CT molecular complexity index is 1170. The standard InChI is InChI=1S/C20H16F4N2O3/c1-8(19(28)25-3)15-9(2)26(14-7-13(23)18(27)17(24)16(14)15)20(29)10-4-5-11(21)12(22)6-10/h4-8,27H,1-3H3,(H,25,28)/t8-/m1/s1. The summed E-state index contributed by atoms with van der Waals surface area (Å²) in [5, 5.41) is 11.8. The van der Waals surface area contributed by atoms with Crippen LogP contribution in [-0.2, 0) is 4.79 Å².